The van der Waals surface area contributed by atoms with Crippen LogP contribution < -0.4 is 5.56 Å². The molecule has 10 heavy (non-hydrogen) atoms. The molecular weight excluding hydrogens is 128 g/mol. The molecule has 0 unspecified atom stereocenters. The van der Waals surface area contributed by atoms with Crippen LogP contribution in [0.3, 0.4) is 0 Å². The molecule has 1 aromatic heterocycles. The summed E-state index contributed by atoms with van der Waals surface area (Å²) in [6.45, 7) is 4.00. The van der Waals surface area contributed by atoms with E-state index in [0.717, 1.165) is 0 Å². The lowest BCUT2D eigenvalue weighted by atomic mass is 10.6. The van der Waals surface area contributed by atoms with E-state index < -0.39 is 0 Å². The highest BCUT2D eigenvalue weighted by molar-refractivity contribution is 4.83. The van der Waals surface area contributed by atoms with Crippen LogP contribution in [0.5, 0.6) is 0 Å². The van der Waals surface area contributed by atoms with Crippen LogP contribution >= 0.6 is 0 Å². The van der Waals surface area contributed by atoms with E-state index in [0.29, 0.717) is 0 Å². The number of hydrogen-bond acceptors (Lipinski definition) is 2. The van der Waals surface area contributed by atoms with Crippen molar-refractivity contribution in [1.29, 1.82) is 0 Å². The lowest BCUT2D eigenvalue weighted by Gasteiger charge is -1.87. The zero-order chi connectivity index (χ0) is 7.98. The van der Waals surface area contributed by atoms with Crippen LogP contribution in [-0.4, -0.2) is 9.78 Å². The third-order valence-electron chi connectivity index (χ3n) is 0.884. The molecule has 0 amide bonds. The Morgan fingerprint density at radius 1 is 1.50 bits per heavy atom. The zero-order valence-electron chi connectivity index (χ0n) is 6.53. The van der Waals surface area contributed by atoms with Gasteiger partial charge in [0.15, 0.2) is 0 Å². The molecule has 1 heterocycles. The number of rotatable bonds is 0. The molecule has 56 valence electrons. The lowest BCUT2D eigenvalue weighted by Crippen LogP contribution is -2.16. The van der Waals surface area contributed by atoms with E-state index in [-0.39, 0.29) is 5.56 Å². The van der Waals surface area contributed by atoms with Crippen molar-refractivity contribution in [3.63, 3.8) is 0 Å². The van der Waals surface area contributed by atoms with Gasteiger partial charge in [0, 0.05) is 19.3 Å². The molecule has 0 aliphatic rings. The second-order valence-electron chi connectivity index (χ2n) is 1.49. The molecule has 3 heteroatoms. The van der Waals surface area contributed by atoms with Gasteiger partial charge in [-0.25, -0.2) is 4.68 Å². The van der Waals surface area contributed by atoms with Crippen LogP contribution in [0.2, 0.25) is 0 Å². The molecule has 0 aromatic carbocycles. The number of aryl methyl sites for hydroxylation is 1. The molecule has 0 spiro atoms. The molecule has 0 saturated heterocycles. The van der Waals surface area contributed by atoms with Gasteiger partial charge in [0.05, 0.1) is 0 Å². The van der Waals surface area contributed by atoms with E-state index >= 15 is 0 Å². The van der Waals surface area contributed by atoms with Crippen molar-refractivity contribution >= 4 is 0 Å². The monoisotopic (exact) mass is 140 g/mol. The fourth-order valence-electron chi connectivity index (χ4n) is 0.429. The summed E-state index contributed by atoms with van der Waals surface area (Å²) < 4.78 is 1.28. The molecule has 1 aromatic rings. The van der Waals surface area contributed by atoms with Crippen LogP contribution in [0.25, 0.3) is 0 Å². The number of aromatic nitrogens is 2. The Hall–Kier alpha value is -1.12. The summed E-state index contributed by atoms with van der Waals surface area (Å²) in [5, 5.41) is 3.68. The fraction of sp³-hybridized carbons (Fsp3) is 0.429. The van der Waals surface area contributed by atoms with Gasteiger partial charge in [-0.15, -0.1) is 0 Å². The summed E-state index contributed by atoms with van der Waals surface area (Å²) in [6.07, 6.45) is 1.57. The van der Waals surface area contributed by atoms with Crippen molar-refractivity contribution in [1.82, 2.24) is 9.78 Å². The minimum Gasteiger partial charge on any atom is -0.268 e. The van der Waals surface area contributed by atoms with Crippen molar-refractivity contribution in [2.75, 3.05) is 0 Å². The minimum absolute atomic E-state index is 0.0764. The van der Waals surface area contributed by atoms with Gasteiger partial charge in [-0.3, -0.25) is 4.79 Å². The quantitative estimate of drug-likeness (QED) is 0.534. The molecule has 0 saturated carbocycles. The molecule has 0 radical (unpaired) electrons. The Labute approximate surface area is 60.3 Å². The van der Waals surface area contributed by atoms with Gasteiger partial charge in [-0.2, -0.15) is 5.10 Å². The molecule has 3 nitrogen and oxygen atoms in total. The van der Waals surface area contributed by atoms with Gasteiger partial charge in [-0.05, 0) is 6.07 Å². The van der Waals surface area contributed by atoms with E-state index in [2.05, 4.69) is 5.10 Å². The standard InChI is InChI=1S/C5H6N2O.C2H6/c1-7-5(8)3-2-4-6-7;1-2/h2-4H,1H3;1-2H3. The van der Waals surface area contributed by atoms with E-state index in [1.807, 2.05) is 13.8 Å². The summed E-state index contributed by atoms with van der Waals surface area (Å²) in [4.78, 5) is 10.5. The second kappa shape index (κ2) is 4.73. The van der Waals surface area contributed by atoms with Crippen molar-refractivity contribution in [2.24, 2.45) is 7.05 Å². The topological polar surface area (TPSA) is 34.9 Å². The van der Waals surface area contributed by atoms with Gasteiger partial charge < -0.3 is 0 Å². The van der Waals surface area contributed by atoms with Crippen LogP contribution in [0.15, 0.2) is 23.1 Å². The van der Waals surface area contributed by atoms with E-state index in [9.17, 15) is 4.79 Å². The van der Waals surface area contributed by atoms with Crippen molar-refractivity contribution in [3.05, 3.63) is 28.7 Å². The third kappa shape index (κ3) is 2.44. The Morgan fingerprint density at radius 2 is 2.10 bits per heavy atom. The smallest absolute Gasteiger partial charge is 0.266 e. The van der Waals surface area contributed by atoms with Crippen molar-refractivity contribution in [2.45, 2.75) is 13.8 Å². The molecule has 0 aliphatic carbocycles. The minimum atomic E-state index is -0.0764. The average Bonchev–Trinajstić information content (AvgIpc) is 2.00. The van der Waals surface area contributed by atoms with Gasteiger partial charge in [-0.1, -0.05) is 13.8 Å². The van der Waals surface area contributed by atoms with Crippen molar-refractivity contribution < 1.29 is 0 Å². The van der Waals surface area contributed by atoms with Crippen LogP contribution in [0.1, 0.15) is 13.8 Å². The molecule has 1 rings (SSSR count). The maximum atomic E-state index is 10.5. The van der Waals surface area contributed by atoms with Gasteiger partial charge in [0.1, 0.15) is 0 Å². The summed E-state index contributed by atoms with van der Waals surface area (Å²) in [5.41, 5.74) is -0.0764. The van der Waals surface area contributed by atoms with Crippen LogP contribution in [-0.2, 0) is 7.05 Å². The second-order valence-corrected chi connectivity index (χ2v) is 1.49. The first-order valence-corrected chi connectivity index (χ1v) is 3.29. The number of nitrogens with zero attached hydrogens (tertiary/aromatic N) is 2. The summed E-state index contributed by atoms with van der Waals surface area (Å²) >= 11 is 0. The first-order chi connectivity index (χ1) is 4.80. The fourth-order valence-corrected chi connectivity index (χ4v) is 0.429. The predicted molar refractivity (Wildman–Crippen MR) is 40.8 cm³/mol. The maximum Gasteiger partial charge on any atom is 0.266 e. The lowest BCUT2D eigenvalue weighted by molar-refractivity contribution is 0.707. The highest BCUT2D eigenvalue weighted by atomic mass is 16.1. The Morgan fingerprint density at radius 3 is 2.40 bits per heavy atom. The Kier molecular flexibility index (Phi) is 4.20. The highest BCUT2D eigenvalue weighted by Crippen LogP contribution is 1.66. The van der Waals surface area contributed by atoms with Crippen LogP contribution in [0.4, 0.5) is 0 Å². The molecule has 0 bridgehead atoms. The third-order valence-corrected chi connectivity index (χ3v) is 0.884. The van der Waals surface area contributed by atoms with Crippen LogP contribution in [0, 0.1) is 0 Å². The average molecular weight is 140 g/mol. The van der Waals surface area contributed by atoms with E-state index in [1.165, 1.54) is 10.7 Å². The molecule has 0 atom stereocenters. The summed E-state index contributed by atoms with van der Waals surface area (Å²) in [5.74, 6) is 0. The Bertz CT molecular complexity index is 229. The predicted octanol–water partition coefficient (Wildman–Crippen LogP) is 0.806. The van der Waals surface area contributed by atoms with Gasteiger partial charge >= 0.3 is 0 Å². The molecule has 0 N–H and O–H groups in total. The maximum absolute atomic E-state index is 10.5. The molecular formula is C7H12N2O. The van der Waals surface area contributed by atoms with Gasteiger partial charge in [0.2, 0.25) is 0 Å². The highest BCUT2D eigenvalue weighted by Gasteiger charge is 1.80. The van der Waals surface area contributed by atoms with E-state index in [4.69, 9.17) is 0 Å². The SMILES string of the molecule is CC.Cn1ncccc1=O. The first kappa shape index (κ1) is 8.88. The molecule has 0 fully saturated rings. The summed E-state index contributed by atoms with van der Waals surface area (Å²) in [7, 11) is 1.61. The zero-order valence-corrected chi connectivity index (χ0v) is 6.53. The first-order valence-electron chi connectivity index (χ1n) is 3.29. The number of hydrogen-bond donors (Lipinski definition) is 0. The molecule has 0 aliphatic heterocycles. The van der Waals surface area contributed by atoms with Gasteiger partial charge in [0.25, 0.3) is 5.56 Å². The van der Waals surface area contributed by atoms with E-state index in [1.54, 1.807) is 19.3 Å². The normalized spacial score (nSPS) is 7.90. The Balaban J connectivity index is 0.000000371. The summed E-state index contributed by atoms with van der Waals surface area (Å²) in [6, 6.07) is 3.08. The van der Waals surface area contributed by atoms with Crippen molar-refractivity contribution in [3.8, 4) is 0 Å². The largest absolute Gasteiger partial charge is 0.268 e.